The Hall–Kier alpha value is -1.03. The van der Waals surface area contributed by atoms with Crippen LogP contribution >= 0.6 is 0 Å². The van der Waals surface area contributed by atoms with E-state index in [9.17, 15) is 13.2 Å². The molecule has 0 saturated heterocycles. The van der Waals surface area contributed by atoms with Crippen LogP contribution in [-0.2, 0) is 11.3 Å². The van der Waals surface area contributed by atoms with Crippen molar-refractivity contribution < 1.29 is 17.9 Å². The molecule has 78 valence electrons. The summed E-state index contributed by atoms with van der Waals surface area (Å²) < 4.78 is 40.7. The zero-order valence-electron chi connectivity index (χ0n) is 7.71. The third-order valence-corrected chi connectivity index (χ3v) is 1.80. The molecule has 0 N–H and O–H groups in total. The summed E-state index contributed by atoms with van der Waals surface area (Å²) in [6.45, 7) is 0.991. The van der Waals surface area contributed by atoms with Gasteiger partial charge < -0.3 is 4.74 Å². The van der Waals surface area contributed by atoms with E-state index >= 15 is 0 Å². The minimum absolute atomic E-state index is 0.0124. The third kappa shape index (κ3) is 3.38. The lowest BCUT2D eigenvalue weighted by Gasteiger charge is -2.16. The van der Waals surface area contributed by atoms with Crippen LogP contribution in [0.2, 0.25) is 0 Å². The fourth-order valence-electron chi connectivity index (χ4n) is 0.890. The minimum Gasteiger partial charge on any atom is -0.364 e. The second-order valence-electron chi connectivity index (χ2n) is 2.98. The van der Waals surface area contributed by atoms with E-state index in [1.165, 1.54) is 0 Å². The maximum atomic E-state index is 12.0. The first kappa shape index (κ1) is 11.0. The largest absolute Gasteiger partial charge is 0.414 e. The molecule has 0 unspecified atom stereocenters. The normalized spacial score (nSPS) is 14.0. The zero-order valence-corrected chi connectivity index (χ0v) is 7.71. The Balaban J connectivity index is 2.42. The number of hydrogen-bond acceptors (Lipinski definition) is 1. The average molecular weight is 204 g/mol. The molecule has 1 nitrogen and oxygen atoms in total. The van der Waals surface area contributed by atoms with Gasteiger partial charge in [-0.3, -0.25) is 0 Å². The van der Waals surface area contributed by atoms with Crippen LogP contribution in [0, 0.1) is 0 Å². The van der Waals surface area contributed by atoms with Gasteiger partial charge in [0, 0.05) is 0 Å². The molecule has 4 heteroatoms. The zero-order chi connectivity index (χ0) is 10.6. The van der Waals surface area contributed by atoms with Crippen LogP contribution in [0.25, 0.3) is 0 Å². The summed E-state index contributed by atoms with van der Waals surface area (Å²) in [6.07, 6.45) is -6.00. The van der Waals surface area contributed by atoms with Crippen LogP contribution in [-0.4, -0.2) is 12.3 Å². The molecule has 0 aliphatic rings. The molecule has 1 atom stereocenters. The monoisotopic (exact) mass is 204 g/mol. The Morgan fingerprint density at radius 2 is 1.79 bits per heavy atom. The Kier molecular flexibility index (Phi) is 3.52. The fraction of sp³-hybridized carbons (Fsp3) is 0.400. The molecule has 0 fully saturated rings. The van der Waals surface area contributed by atoms with Gasteiger partial charge in [0.2, 0.25) is 0 Å². The van der Waals surface area contributed by atoms with E-state index in [0.717, 1.165) is 12.5 Å². The van der Waals surface area contributed by atoms with Crippen molar-refractivity contribution in [1.29, 1.82) is 0 Å². The minimum atomic E-state index is -4.28. The molecule has 0 radical (unpaired) electrons. The summed E-state index contributed by atoms with van der Waals surface area (Å²) in [4.78, 5) is 0. The molecule has 14 heavy (non-hydrogen) atoms. The fourth-order valence-corrected chi connectivity index (χ4v) is 0.890. The van der Waals surface area contributed by atoms with Crippen molar-refractivity contribution in [3.63, 3.8) is 0 Å². The van der Waals surface area contributed by atoms with Crippen molar-refractivity contribution >= 4 is 0 Å². The standard InChI is InChI=1S/C10H11F3O/c1-8(10(11,12)13)14-7-9-5-3-2-4-6-9/h2-6,8H,7H2,1H3/t8-/m0/s1. The maximum absolute atomic E-state index is 12.0. The predicted octanol–water partition coefficient (Wildman–Crippen LogP) is 3.15. The van der Waals surface area contributed by atoms with Crippen molar-refractivity contribution in [2.45, 2.75) is 25.8 Å². The number of halogens is 3. The van der Waals surface area contributed by atoms with Gasteiger partial charge in [-0.25, -0.2) is 0 Å². The molecule has 0 aliphatic heterocycles. The molecule has 1 aromatic rings. The van der Waals surface area contributed by atoms with Gasteiger partial charge in [-0.05, 0) is 12.5 Å². The van der Waals surface area contributed by atoms with Gasteiger partial charge in [0.15, 0.2) is 6.10 Å². The number of benzene rings is 1. The molecular weight excluding hydrogens is 193 g/mol. The van der Waals surface area contributed by atoms with Gasteiger partial charge in [-0.1, -0.05) is 30.3 Å². The molecule has 0 amide bonds. The van der Waals surface area contributed by atoms with E-state index in [4.69, 9.17) is 0 Å². The molecule has 0 bridgehead atoms. The maximum Gasteiger partial charge on any atom is 0.414 e. The first-order valence-corrected chi connectivity index (χ1v) is 4.22. The molecular formula is C10H11F3O. The van der Waals surface area contributed by atoms with Crippen molar-refractivity contribution in [2.75, 3.05) is 0 Å². The first-order valence-electron chi connectivity index (χ1n) is 4.22. The molecule has 1 aromatic carbocycles. The number of alkyl halides is 3. The quantitative estimate of drug-likeness (QED) is 0.734. The van der Waals surface area contributed by atoms with Crippen molar-refractivity contribution in [3.05, 3.63) is 35.9 Å². The molecule has 0 aliphatic carbocycles. The molecule has 0 aromatic heterocycles. The Labute approximate surface area is 80.5 Å². The van der Waals surface area contributed by atoms with Crippen LogP contribution in [0.4, 0.5) is 13.2 Å². The molecule has 1 rings (SSSR count). The molecule has 0 saturated carbocycles. The lowest BCUT2D eigenvalue weighted by Crippen LogP contribution is -2.28. The van der Waals surface area contributed by atoms with E-state index in [-0.39, 0.29) is 6.61 Å². The van der Waals surface area contributed by atoms with Crippen molar-refractivity contribution in [3.8, 4) is 0 Å². The van der Waals surface area contributed by atoms with Crippen LogP contribution in [0.3, 0.4) is 0 Å². The van der Waals surface area contributed by atoms with Gasteiger partial charge in [0.25, 0.3) is 0 Å². The number of rotatable bonds is 3. The summed E-state index contributed by atoms with van der Waals surface area (Å²) in [5.41, 5.74) is 0.739. The van der Waals surface area contributed by atoms with Gasteiger partial charge in [0.05, 0.1) is 6.61 Å². The Morgan fingerprint density at radius 1 is 1.21 bits per heavy atom. The van der Waals surface area contributed by atoms with Gasteiger partial charge in [0.1, 0.15) is 0 Å². The van der Waals surface area contributed by atoms with Gasteiger partial charge in [-0.15, -0.1) is 0 Å². The first-order chi connectivity index (χ1) is 6.50. The van der Waals surface area contributed by atoms with Crippen molar-refractivity contribution in [1.82, 2.24) is 0 Å². The van der Waals surface area contributed by atoms with Crippen LogP contribution in [0.5, 0.6) is 0 Å². The van der Waals surface area contributed by atoms with Gasteiger partial charge in [-0.2, -0.15) is 13.2 Å². The Morgan fingerprint density at radius 3 is 2.29 bits per heavy atom. The Bertz CT molecular complexity index is 268. The smallest absolute Gasteiger partial charge is 0.364 e. The summed E-state index contributed by atoms with van der Waals surface area (Å²) in [6, 6.07) is 8.77. The lowest BCUT2D eigenvalue weighted by atomic mass is 10.2. The second kappa shape index (κ2) is 4.46. The van der Waals surface area contributed by atoms with Crippen LogP contribution in [0.15, 0.2) is 30.3 Å². The predicted molar refractivity (Wildman–Crippen MR) is 46.7 cm³/mol. The summed E-state index contributed by atoms with van der Waals surface area (Å²) in [7, 11) is 0. The van der Waals surface area contributed by atoms with Crippen LogP contribution < -0.4 is 0 Å². The SMILES string of the molecule is C[C@H](OCc1ccccc1)C(F)(F)F. The number of hydrogen-bond donors (Lipinski definition) is 0. The van der Waals surface area contributed by atoms with E-state index in [1.54, 1.807) is 30.3 Å². The molecule has 0 heterocycles. The third-order valence-electron chi connectivity index (χ3n) is 1.80. The van der Waals surface area contributed by atoms with E-state index in [1.807, 2.05) is 0 Å². The average Bonchev–Trinajstić information content (AvgIpc) is 2.14. The summed E-state index contributed by atoms with van der Waals surface area (Å²) in [5, 5.41) is 0. The molecule has 0 spiro atoms. The lowest BCUT2D eigenvalue weighted by molar-refractivity contribution is -0.217. The highest BCUT2D eigenvalue weighted by molar-refractivity contribution is 5.13. The summed E-state index contributed by atoms with van der Waals surface area (Å²) >= 11 is 0. The summed E-state index contributed by atoms with van der Waals surface area (Å²) in [5.74, 6) is 0. The van der Waals surface area contributed by atoms with E-state index < -0.39 is 12.3 Å². The highest BCUT2D eigenvalue weighted by Crippen LogP contribution is 2.23. The topological polar surface area (TPSA) is 9.23 Å². The van der Waals surface area contributed by atoms with E-state index in [0.29, 0.717) is 0 Å². The van der Waals surface area contributed by atoms with E-state index in [2.05, 4.69) is 4.74 Å². The highest BCUT2D eigenvalue weighted by atomic mass is 19.4. The van der Waals surface area contributed by atoms with Crippen LogP contribution in [0.1, 0.15) is 12.5 Å². The van der Waals surface area contributed by atoms with Crippen molar-refractivity contribution in [2.24, 2.45) is 0 Å². The van der Waals surface area contributed by atoms with Gasteiger partial charge >= 0.3 is 6.18 Å². The highest BCUT2D eigenvalue weighted by Gasteiger charge is 2.36. The number of ether oxygens (including phenoxy) is 1. The second-order valence-corrected chi connectivity index (χ2v) is 2.98.